The summed E-state index contributed by atoms with van der Waals surface area (Å²) in [5.41, 5.74) is 3.74. The Morgan fingerprint density at radius 2 is 1.85 bits per heavy atom. The van der Waals surface area contributed by atoms with Crippen LogP contribution in [-0.2, 0) is 13.1 Å². The van der Waals surface area contributed by atoms with E-state index in [9.17, 15) is 4.79 Å². The average molecular weight is 345 g/mol. The van der Waals surface area contributed by atoms with Crippen LogP contribution in [0.25, 0.3) is 22.2 Å². The molecule has 0 aliphatic heterocycles. The lowest BCUT2D eigenvalue weighted by atomic mass is 10.1. The first-order chi connectivity index (χ1) is 12.8. The molecule has 4 rings (SSSR count). The molecule has 0 saturated carbocycles. The average Bonchev–Trinajstić information content (AvgIpc) is 3.31. The monoisotopic (exact) mass is 345 g/mol. The number of amides is 1. The van der Waals surface area contributed by atoms with Gasteiger partial charge in [-0.2, -0.15) is 0 Å². The molecule has 0 bridgehead atoms. The minimum Gasteiger partial charge on any atom is -0.459 e. The summed E-state index contributed by atoms with van der Waals surface area (Å²) < 4.78 is 7.55. The van der Waals surface area contributed by atoms with Gasteiger partial charge in [0, 0.05) is 12.1 Å². The number of hydrogen-bond acceptors (Lipinski definition) is 3. The van der Waals surface area contributed by atoms with E-state index >= 15 is 0 Å². The molecule has 0 aliphatic carbocycles. The van der Waals surface area contributed by atoms with E-state index in [2.05, 4.69) is 21.8 Å². The van der Waals surface area contributed by atoms with Crippen molar-refractivity contribution >= 4 is 16.9 Å². The van der Waals surface area contributed by atoms with Gasteiger partial charge in [-0.1, -0.05) is 42.5 Å². The zero-order chi connectivity index (χ0) is 17.9. The highest BCUT2D eigenvalue weighted by Gasteiger charge is 2.17. The van der Waals surface area contributed by atoms with Crippen LogP contribution >= 0.6 is 0 Å². The van der Waals surface area contributed by atoms with Crippen LogP contribution in [0.5, 0.6) is 0 Å². The van der Waals surface area contributed by atoms with E-state index in [1.165, 1.54) is 0 Å². The van der Waals surface area contributed by atoms with Crippen LogP contribution < -0.4 is 5.32 Å². The topological polar surface area (TPSA) is 60.1 Å². The number of para-hydroxylation sites is 2. The van der Waals surface area contributed by atoms with E-state index in [0.29, 0.717) is 12.3 Å². The lowest BCUT2D eigenvalue weighted by molar-refractivity contribution is 0.0922. The number of benzene rings is 2. The van der Waals surface area contributed by atoms with Gasteiger partial charge in [0.2, 0.25) is 0 Å². The molecule has 4 aromatic rings. The molecule has 5 nitrogen and oxygen atoms in total. The minimum absolute atomic E-state index is 0.247. The standard InChI is InChI=1S/C21H19N3O2/c1-2-24-18-11-7-6-10-17(18)23-19(24)14-22-21(25)20-16(12-13-26-20)15-8-4-3-5-9-15/h3-13H,2,14H2,1H3,(H,22,25). The van der Waals surface area contributed by atoms with E-state index in [-0.39, 0.29) is 5.91 Å². The summed E-state index contributed by atoms with van der Waals surface area (Å²) in [6.07, 6.45) is 1.54. The number of carbonyl (C=O) groups excluding carboxylic acids is 1. The fourth-order valence-corrected chi connectivity index (χ4v) is 3.18. The largest absolute Gasteiger partial charge is 0.459 e. The fourth-order valence-electron chi connectivity index (χ4n) is 3.18. The van der Waals surface area contributed by atoms with Crippen molar-refractivity contribution in [2.75, 3.05) is 0 Å². The third kappa shape index (κ3) is 2.88. The molecule has 0 aliphatic rings. The number of imidazole rings is 1. The van der Waals surface area contributed by atoms with Gasteiger partial charge in [0.25, 0.3) is 5.91 Å². The second-order valence-electron chi connectivity index (χ2n) is 5.97. The lowest BCUT2D eigenvalue weighted by Crippen LogP contribution is -2.24. The Hall–Kier alpha value is -3.34. The van der Waals surface area contributed by atoms with Gasteiger partial charge in [-0.15, -0.1) is 0 Å². The summed E-state index contributed by atoms with van der Waals surface area (Å²) >= 11 is 0. The number of fused-ring (bicyclic) bond motifs is 1. The van der Waals surface area contributed by atoms with Gasteiger partial charge in [-0.05, 0) is 30.7 Å². The third-order valence-corrected chi connectivity index (χ3v) is 4.41. The lowest BCUT2D eigenvalue weighted by Gasteiger charge is -2.08. The Bertz CT molecular complexity index is 1050. The summed E-state index contributed by atoms with van der Waals surface area (Å²) in [5, 5.41) is 2.93. The molecular formula is C21H19N3O2. The Labute approximate surface area is 151 Å². The van der Waals surface area contributed by atoms with Crippen LogP contribution in [0, 0.1) is 0 Å². The second-order valence-corrected chi connectivity index (χ2v) is 5.97. The highest BCUT2D eigenvalue weighted by atomic mass is 16.3. The first kappa shape index (κ1) is 16.1. The molecule has 1 amide bonds. The van der Waals surface area contributed by atoms with Crippen molar-refractivity contribution in [3.8, 4) is 11.1 Å². The number of aryl methyl sites for hydroxylation is 1. The van der Waals surface area contributed by atoms with Crippen LogP contribution in [0.3, 0.4) is 0 Å². The fraction of sp³-hybridized carbons (Fsp3) is 0.143. The Morgan fingerprint density at radius 1 is 1.08 bits per heavy atom. The van der Waals surface area contributed by atoms with Crippen molar-refractivity contribution in [3.63, 3.8) is 0 Å². The Balaban J connectivity index is 1.57. The number of aromatic nitrogens is 2. The molecule has 0 saturated heterocycles. The molecule has 2 heterocycles. The molecule has 0 fully saturated rings. The van der Waals surface area contributed by atoms with Gasteiger partial charge in [0.15, 0.2) is 5.76 Å². The maximum atomic E-state index is 12.6. The Kier molecular flexibility index (Phi) is 4.27. The molecule has 0 atom stereocenters. The minimum atomic E-state index is -0.247. The summed E-state index contributed by atoms with van der Waals surface area (Å²) in [6.45, 7) is 3.21. The van der Waals surface area contributed by atoms with Crippen LogP contribution in [0.2, 0.25) is 0 Å². The van der Waals surface area contributed by atoms with Crippen molar-refractivity contribution in [1.82, 2.24) is 14.9 Å². The number of nitrogens with zero attached hydrogens (tertiary/aromatic N) is 2. The zero-order valence-corrected chi connectivity index (χ0v) is 14.5. The van der Waals surface area contributed by atoms with E-state index < -0.39 is 0 Å². The first-order valence-electron chi connectivity index (χ1n) is 8.63. The van der Waals surface area contributed by atoms with E-state index in [1.807, 2.05) is 60.7 Å². The van der Waals surface area contributed by atoms with Crippen LogP contribution in [0.15, 0.2) is 71.3 Å². The maximum Gasteiger partial charge on any atom is 0.288 e. The van der Waals surface area contributed by atoms with Gasteiger partial charge >= 0.3 is 0 Å². The number of furan rings is 1. The van der Waals surface area contributed by atoms with Gasteiger partial charge in [0.05, 0.1) is 23.8 Å². The summed E-state index contributed by atoms with van der Waals surface area (Å²) in [7, 11) is 0. The molecular weight excluding hydrogens is 326 g/mol. The summed E-state index contributed by atoms with van der Waals surface area (Å²) in [5.74, 6) is 0.897. The first-order valence-corrected chi connectivity index (χ1v) is 8.63. The molecule has 1 N–H and O–H groups in total. The van der Waals surface area contributed by atoms with E-state index in [1.54, 1.807) is 6.26 Å². The van der Waals surface area contributed by atoms with Gasteiger partial charge < -0.3 is 14.3 Å². The summed E-state index contributed by atoms with van der Waals surface area (Å²) in [6, 6.07) is 19.5. The van der Waals surface area contributed by atoms with Crippen LogP contribution in [0.4, 0.5) is 0 Å². The number of nitrogens with one attached hydrogen (secondary N) is 1. The van der Waals surface area contributed by atoms with Crippen molar-refractivity contribution < 1.29 is 9.21 Å². The highest BCUT2D eigenvalue weighted by Crippen LogP contribution is 2.24. The molecule has 26 heavy (non-hydrogen) atoms. The maximum absolute atomic E-state index is 12.6. The Morgan fingerprint density at radius 3 is 2.65 bits per heavy atom. The molecule has 2 aromatic carbocycles. The van der Waals surface area contributed by atoms with Gasteiger partial charge in [-0.3, -0.25) is 4.79 Å². The molecule has 0 spiro atoms. The molecule has 130 valence electrons. The van der Waals surface area contributed by atoms with Crippen molar-refractivity contribution in [3.05, 3.63) is 78.5 Å². The predicted octanol–water partition coefficient (Wildman–Crippen LogP) is 4.25. The van der Waals surface area contributed by atoms with Gasteiger partial charge in [0.1, 0.15) is 5.82 Å². The number of rotatable bonds is 5. The predicted molar refractivity (Wildman–Crippen MR) is 101 cm³/mol. The van der Waals surface area contributed by atoms with Crippen LogP contribution in [0.1, 0.15) is 23.3 Å². The molecule has 2 aromatic heterocycles. The number of hydrogen-bond donors (Lipinski definition) is 1. The molecule has 0 unspecified atom stereocenters. The van der Waals surface area contributed by atoms with Gasteiger partial charge in [-0.25, -0.2) is 4.98 Å². The molecule has 0 radical (unpaired) electrons. The smallest absolute Gasteiger partial charge is 0.288 e. The normalized spacial score (nSPS) is 11.0. The zero-order valence-electron chi connectivity index (χ0n) is 14.5. The van der Waals surface area contributed by atoms with Crippen molar-refractivity contribution in [1.29, 1.82) is 0 Å². The summed E-state index contributed by atoms with van der Waals surface area (Å²) in [4.78, 5) is 17.3. The SMILES string of the molecule is CCn1c(CNC(=O)c2occc2-c2ccccc2)nc2ccccc21. The number of carbonyl (C=O) groups is 1. The van der Waals surface area contributed by atoms with E-state index in [0.717, 1.165) is 34.5 Å². The van der Waals surface area contributed by atoms with Crippen molar-refractivity contribution in [2.24, 2.45) is 0 Å². The molecule has 5 heteroatoms. The second kappa shape index (κ2) is 6.88. The highest BCUT2D eigenvalue weighted by molar-refractivity contribution is 5.98. The van der Waals surface area contributed by atoms with E-state index in [4.69, 9.17) is 4.42 Å². The van der Waals surface area contributed by atoms with Crippen molar-refractivity contribution in [2.45, 2.75) is 20.0 Å². The quantitative estimate of drug-likeness (QED) is 0.588. The van der Waals surface area contributed by atoms with Crippen LogP contribution in [-0.4, -0.2) is 15.5 Å². The third-order valence-electron chi connectivity index (χ3n) is 4.41.